The fourth-order valence-electron chi connectivity index (χ4n) is 1.21. The highest BCUT2D eigenvalue weighted by atomic mass is 127. The minimum absolute atomic E-state index is 0.218. The van der Waals surface area contributed by atoms with E-state index >= 15 is 0 Å². The van der Waals surface area contributed by atoms with Gasteiger partial charge >= 0.3 is 6.01 Å². The first-order valence-electron chi connectivity index (χ1n) is 4.14. The van der Waals surface area contributed by atoms with Crippen molar-refractivity contribution >= 4 is 22.6 Å². The minimum Gasteiger partial charge on any atom is -0.460 e. The second-order valence-electron chi connectivity index (χ2n) is 3.16. The maximum absolute atomic E-state index is 5.62. The summed E-state index contributed by atoms with van der Waals surface area (Å²) in [7, 11) is 0. The van der Waals surface area contributed by atoms with Crippen molar-refractivity contribution in [1.29, 1.82) is 0 Å². The molecule has 1 aromatic heterocycles. The molecule has 0 aromatic carbocycles. The second-order valence-corrected chi connectivity index (χ2v) is 4.40. The highest BCUT2D eigenvalue weighted by molar-refractivity contribution is 14.1. The van der Waals surface area contributed by atoms with E-state index in [9.17, 15) is 0 Å². The smallest absolute Gasteiger partial charge is 0.316 e. The third-order valence-electron chi connectivity index (χ3n) is 2.00. The largest absolute Gasteiger partial charge is 0.460 e. The molecule has 0 saturated heterocycles. The van der Waals surface area contributed by atoms with Gasteiger partial charge in [-0.05, 0) is 35.4 Å². The number of aromatic nitrogens is 2. The fourth-order valence-corrected chi connectivity index (χ4v) is 1.49. The Kier molecular flexibility index (Phi) is 2.63. The Morgan fingerprint density at radius 3 is 2.54 bits per heavy atom. The van der Waals surface area contributed by atoms with E-state index in [1.807, 2.05) is 0 Å². The number of ether oxygens (including phenoxy) is 1. The Hall–Kier alpha value is -0.430. The van der Waals surface area contributed by atoms with Crippen LogP contribution in [0.25, 0.3) is 0 Å². The van der Waals surface area contributed by atoms with Crippen LogP contribution >= 0.6 is 22.6 Å². The molecule has 0 radical (unpaired) electrons. The first-order chi connectivity index (χ1) is 6.24. The standard InChI is InChI=1S/C8H10IN3O/c9-5-3-11-8(12-4-5)13-7-1-6(10)2-7/h3-4,6-7H,1-2,10H2. The number of hydrogen-bond donors (Lipinski definition) is 1. The molecule has 2 rings (SSSR count). The zero-order valence-electron chi connectivity index (χ0n) is 6.98. The van der Waals surface area contributed by atoms with E-state index in [1.54, 1.807) is 12.4 Å². The molecule has 2 N–H and O–H groups in total. The SMILES string of the molecule is NC1CC(Oc2ncc(I)cn2)C1. The third-order valence-corrected chi connectivity index (χ3v) is 2.56. The van der Waals surface area contributed by atoms with Crippen LogP contribution in [-0.4, -0.2) is 22.1 Å². The highest BCUT2D eigenvalue weighted by Gasteiger charge is 2.28. The summed E-state index contributed by atoms with van der Waals surface area (Å²) in [4.78, 5) is 8.09. The van der Waals surface area contributed by atoms with E-state index in [0.29, 0.717) is 12.1 Å². The molecule has 0 spiro atoms. The summed E-state index contributed by atoms with van der Waals surface area (Å²) in [6.45, 7) is 0. The lowest BCUT2D eigenvalue weighted by molar-refractivity contribution is 0.0903. The normalized spacial score (nSPS) is 26.6. The van der Waals surface area contributed by atoms with Crippen molar-refractivity contribution in [1.82, 2.24) is 9.97 Å². The summed E-state index contributed by atoms with van der Waals surface area (Å²) in [6, 6.07) is 0.756. The van der Waals surface area contributed by atoms with Gasteiger partial charge < -0.3 is 10.5 Å². The number of nitrogens with zero attached hydrogens (tertiary/aromatic N) is 2. The van der Waals surface area contributed by atoms with Gasteiger partial charge in [0.15, 0.2) is 0 Å². The van der Waals surface area contributed by atoms with Crippen LogP contribution < -0.4 is 10.5 Å². The summed E-state index contributed by atoms with van der Waals surface area (Å²) in [5.41, 5.74) is 5.62. The lowest BCUT2D eigenvalue weighted by Gasteiger charge is -2.31. The molecule has 0 bridgehead atoms. The van der Waals surface area contributed by atoms with Gasteiger partial charge in [-0.1, -0.05) is 0 Å². The monoisotopic (exact) mass is 291 g/mol. The topological polar surface area (TPSA) is 61.0 Å². The van der Waals surface area contributed by atoms with Gasteiger partial charge in [-0.2, -0.15) is 0 Å². The Morgan fingerprint density at radius 1 is 1.38 bits per heavy atom. The summed E-state index contributed by atoms with van der Waals surface area (Å²) in [6.07, 6.45) is 5.52. The van der Waals surface area contributed by atoms with Gasteiger partial charge in [-0.3, -0.25) is 0 Å². The van der Waals surface area contributed by atoms with Gasteiger partial charge in [-0.15, -0.1) is 0 Å². The molecule has 1 saturated carbocycles. The molecule has 4 nitrogen and oxygen atoms in total. The van der Waals surface area contributed by atoms with Crippen molar-refractivity contribution in [2.24, 2.45) is 5.73 Å². The number of hydrogen-bond acceptors (Lipinski definition) is 4. The molecule has 70 valence electrons. The Balaban J connectivity index is 1.91. The quantitative estimate of drug-likeness (QED) is 0.824. The molecule has 1 aromatic rings. The van der Waals surface area contributed by atoms with Crippen LogP contribution in [0.15, 0.2) is 12.4 Å². The van der Waals surface area contributed by atoms with Crippen molar-refractivity contribution in [2.75, 3.05) is 0 Å². The van der Waals surface area contributed by atoms with Crippen molar-refractivity contribution < 1.29 is 4.74 Å². The Morgan fingerprint density at radius 2 is 2.00 bits per heavy atom. The second kappa shape index (κ2) is 3.75. The summed E-state index contributed by atoms with van der Waals surface area (Å²) < 4.78 is 6.48. The van der Waals surface area contributed by atoms with Crippen LogP contribution in [-0.2, 0) is 0 Å². The Labute approximate surface area is 90.0 Å². The minimum atomic E-state index is 0.218. The van der Waals surface area contributed by atoms with E-state index in [4.69, 9.17) is 10.5 Å². The molecule has 1 aliphatic carbocycles. The average molecular weight is 291 g/mol. The molecule has 0 aliphatic heterocycles. The molecule has 1 heterocycles. The maximum atomic E-state index is 5.62. The lowest BCUT2D eigenvalue weighted by Crippen LogP contribution is -2.43. The van der Waals surface area contributed by atoms with Gasteiger partial charge in [0.2, 0.25) is 0 Å². The van der Waals surface area contributed by atoms with Crippen LogP contribution in [0.5, 0.6) is 6.01 Å². The average Bonchev–Trinajstić information content (AvgIpc) is 2.06. The van der Waals surface area contributed by atoms with Gasteiger partial charge in [-0.25, -0.2) is 9.97 Å². The zero-order chi connectivity index (χ0) is 9.26. The van der Waals surface area contributed by atoms with E-state index in [-0.39, 0.29) is 6.10 Å². The third kappa shape index (κ3) is 2.28. The van der Waals surface area contributed by atoms with Crippen LogP contribution in [0.1, 0.15) is 12.8 Å². The summed E-state index contributed by atoms with van der Waals surface area (Å²) >= 11 is 2.16. The van der Waals surface area contributed by atoms with Gasteiger partial charge in [0.05, 0.1) is 0 Å². The molecule has 0 amide bonds. The Bertz CT molecular complexity index is 284. The zero-order valence-corrected chi connectivity index (χ0v) is 9.14. The first-order valence-corrected chi connectivity index (χ1v) is 5.21. The predicted molar refractivity (Wildman–Crippen MR) is 56.4 cm³/mol. The molecule has 13 heavy (non-hydrogen) atoms. The number of halogens is 1. The van der Waals surface area contributed by atoms with E-state index in [1.165, 1.54) is 0 Å². The summed E-state index contributed by atoms with van der Waals surface area (Å²) in [5.74, 6) is 0. The maximum Gasteiger partial charge on any atom is 0.316 e. The van der Waals surface area contributed by atoms with Gasteiger partial charge in [0.25, 0.3) is 0 Å². The van der Waals surface area contributed by atoms with Crippen LogP contribution in [0, 0.1) is 3.57 Å². The molecular weight excluding hydrogens is 281 g/mol. The van der Waals surface area contributed by atoms with E-state index in [0.717, 1.165) is 16.4 Å². The van der Waals surface area contributed by atoms with Crippen LogP contribution in [0.3, 0.4) is 0 Å². The molecule has 0 atom stereocenters. The first kappa shape index (κ1) is 9.14. The van der Waals surface area contributed by atoms with E-state index < -0.39 is 0 Å². The highest BCUT2D eigenvalue weighted by Crippen LogP contribution is 2.22. The van der Waals surface area contributed by atoms with Crippen LogP contribution in [0.4, 0.5) is 0 Å². The van der Waals surface area contributed by atoms with E-state index in [2.05, 4.69) is 32.6 Å². The lowest BCUT2D eigenvalue weighted by atomic mass is 9.90. The van der Waals surface area contributed by atoms with Gasteiger partial charge in [0, 0.05) is 22.0 Å². The fraction of sp³-hybridized carbons (Fsp3) is 0.500. The molecule has 0 unspecified atom stereocenters. The summed E-state index contributed by atoms with van der Waals surface area (Å²) in [5, 5.41) is 0. The molecule has 5 heteroatoms. The predicted octanol–water partition coefficient (Wildman–Crippen LogP) is 0.950. The van der Waals surface area contributed by atoms with Crippen molar-refractivity contribution in [3.63, 3.8) is 0 Å². The van der Waals surface area contributed by atoms with Crippen molar-refractivity contribution in [3.05, 3.63) is 16.0 Å². The molecule has 1 aliphatic rings. The molecule has 1 fully saturated rings. The van der Waals surface area contributed by atoms with Crippen molar-refractivity contribution in [2.45, 2.75) is 25.0 Å². The van der Waals surface area contributed by atoms with Crippen molar-refractivity contribution in [3.8, 4) is 6.01 Å². The number of rotatable bonds is 2. The van der Waals surface area contributed by atoms with Crippen LogP contribution in [0.2, 0.25) is 0 Å². The van der Waals surface area contributed by atoms with Gasteiger partial charge in [0.1, 0.15) is 6.10 Å². The number of nitrogens with two attached hydrogens (primary N) is 1. The molecular formula is C8H10IN3O.